The Morgan fingerprint density at radius 2 is 1.96 bits per heavy atom. The lowest BCUT2D eigenvalue weighted by molar-refractivity contribution is -0.127. The summed E-state index contributed by atoms with van der Waals surface area (Å²) in [6.45, 7) is 4.03. The zero-order valence-corrected chi connectivity index (χ0v) is 17.1. The normalized spacial score (nSPS) is 17.8. The number of carbonyl (C=O) groups excluding carboxylic acids is 2. The summed E-state index contributed by atoms with van der Waals surface area (Å²) in [6, 6.07) is 14.2. The first kappa shape index (κ1) is 20.5. The highest BCUT2D eigenvalue weighted by molar-refractivity contribution is 8.15. The highest BCUT2D eigenvalue weighted by Crippen LogP contribution is 2.32. The number of amides is 2. The zero-order chi connectivity index (χ0) is 20.1. The average Bonchev–Trinajstić information content (AvgIpc) is 2.94. The van der Waals surface area contributed by atoms with Crippen molar-refractivity contribution in [1.29, 1.82) is 0 Å². The summed E-state index contributed by atoms with van der Waals surface area (Å²) in [6.07, 6.45) is 1.66. The molecule has 0 unspecified atom stereocenters. The van der Waals surface area contributed by atoms with Gasteiger partial charge in [-0.1, -0.05) is 59.2 Å². The van der Waals surface area contributed by atoms with Crippen LogP contribution in [-0.4, -0.2) is 33.7 Å². The van der Waals surface area contributed by atoms with E-state index < -0.39 is 5.25 Å². The molecule has 0 aliphatic carbocycles. The predicted molar refractivity (Wildman–Crippen MR) is 117 cm³/mol. The fourth-order valence-corrected chi connectivity index (χ4v) is 4.05. The van der Waals surface area contributed by atoms with Crippen molar-refractivity contribution >= 4 is 63.3 Å². The molecule has 3 rings (SSSR count). The van der Waals surface area contributed by atoms with Crippen LogP contribution in [0.25, 0.3) is 0 Å². The first-order valence-corrected chi connectivity index (χ1v) is 10.1. The van der Waals surface area contributed by atoms with E-state index in [-0.39, 0.29) is 18.2 Å². The summed E-state index contributed by atoms with van der Waals surface area (Å²) in [4.78, 5) is 31.2. The van der Waals surface area contributed by atoms with E-state index in [9.17, 15) is 9.59 Å². The van der Waals surface area contributed by atoms with E-state index in [1.165, 1.54) is 11.8 Å². The second-order valence-corrected chi connectivity index (χ2v) is 7.94. The van der Waals surface area contributed by atoms with Crippen LogP contribution in [0.3, 0.4) is 0 Å². The Bertz CT molecular complexity index is 934. The topological polar surface area (TPSA) is 61.8 Å². The van der Waals surface area contributed by atoms with Gasteiger partial charge in [0.25, 0.3) is 0 Å². The van der Waals surface area contributed by atoms with Crippen LogP contribution >= 0.6 is 35.0 Å². The second kappa shape index (κ2) is 9.28. The molecule has 1 atom stereocenters. The van der Waals surface area contributed by atoms with Crippen LogP contribution in [0.4, 0.5) is 11.4 Å². The summed E-state index contributed by atoms with van der Waals surface area (Å²) in [7, 11) is 0. The van der Waals surface area contributed by atoms with Crippen molar-refractivity contribution in [3.05, 3.63) is 71.2 Å². The van der Waals surface area contributed by atoms with Crippen LogP contribution in [0.2, 0.25) is 10.0 Å². The number of nitrogens with zero attached hydrogens (tertiary/aromatic N) is 2. The number of hydrogen-bond acceptors (Lipinski definition) is 4. The van der Waals surface area contributed by atoms with E-state index in [2.05, 4.69) is 16.9 Å². The van der Waals surface area contributed by atoms with Gasteiger partial charge in [0.1, 0.15) is 5.25 Å². The lowest BCUT2D eigenvalue weighted by Gasteiger charge is -2.13. The predicted octanol–water partition coefficient (Wildman–Crippen LogP) is 5.14. The van der Waals surface area contributed by atoms with Gasteiger partial charge in [-0.3, -0.25) is 14.5 Å². The number of benzene rings is 2. The molecule has 1 aliphatic rings. The molecule has 1 fully saturated rings. The van der Waals surface area contributed by atoms with Gasteiger partial charge in [0.2, 0.25) is 11.8 Å². The van der Waals surface area contributed by atoms with Gasteiger partial charge in [-0.15, -0.1) is 6.58 Å². The number of aliphatic imine (C=N–C) groups is 1. The maximum absolute atomic E-state index is 12.7. The first-order chi connectivity index (χ1) is 13.5. The molecule has 1 N–H and O–H groups in total. The molecule has 2 aromatic carbocycles. The number of halogens is 2. The van der Waals surface area contributed by atoms with Crippen molar-refractivity contribution < 1.29 is 9.59 Å². The van der Waals surface area contributed by atoms with Crippen molar-refractivity contribution in [2.75, 3.05) is 11.9 Å². The Morgan fingerprint density at radius 1 is 1.21 bits per heavy atom. The minimum absolute atomic E-state index is 0.0190. The minimum Gasteiger partial charge on any atom is -0.326 e. The number of thioether (sulfide) groups is 1. The zero-order valence-electron chi connectivity index (χ0n) is 14.8. The molecule has 5 nitrogen and oxygen atoms in total. The molecule has 28 heavy (non-hydrogen) atoms. The van der Waals surface area contributed by atoms with Crippen LogP contribution in [0.15, 0.2) is 66.2 Å². The number of carbonyl (C=O) groups is 2. The van der Waals surface area contributed by atoms with Gasteiger partial charge in [0.15, 0.2) is 5.17 Å². The van der Waals surface area contributed by atoms with E-state index in [0.717, 1.165) is 5.69 Å². The van der Waals surface area contributed by atoms with E-state index in [1.807, 2.05) is 30.3 Å². The number of hydrogen-bond donors (Lipinski definition) is 1. The van der Waals surface area contributed by atoms with Gasteiger partial charge in [-0.25, -0.2) is 4.99 Å². The Labute approximate surface area is 177 Å². The third kappa shape index (κ3) is 4.95. The molecule has 0 aromatic heterocycles. The first-order valence-electron chi connectivity index (χ1n) is 8.45. The number of nitrogens with one attached hydrogen (secondary N) is 1. The molecular weight excluding hydrogens is 417 g/mol. The Balaban J connectivity index is 1.72. The molecule has 0 bridgehead atoms. The van der Waals surface area contributed by atoms with Crippen molar-refractivity contribution in [3.63, 3.8) is 0 Å². The van der Waals surface area contributed by atoms with Crippen LogP contribution in [-0.2, 0) is 9.59 Å². The summed E-state index contributed by atoms with van der Waals surface area (Å²) in [5.74, 6) is -0.451. The molecule has 1 aliphatic heterocycles. The molecule has 0 saturated carbocycles. The molecule has 8 heteroatoms. The van der Waals surface area contributed by atoms with E-state index in [4.69, 9.17) is 23.2 Å². The Hall–Kier alpha value is -2.28. The summed E-state index contributed by atoms with van der Waals surface area (Å²) >= 11 is 13.1. The monoisotopic (exact) mass is 433 g/mol. The van der Waals surface area contributed by atoms with Gasteiger partial charge < -0.3 is 5.32 Å². The fourth-order valence-electron chi connectivity index (χ4n) is 2.59. The third-order valence-corrected chi connectivity index (χ3v) is 5.80. The van der Waals surface area contributed by atoms with Crippen molar-refractivity contribution in [2.45, 2.75) is 11.7 Å². The highest BCUT2D eigenvalue weighted by Gasteiger charge is 2.38. The SMILES string of the molecule is C=CCN1C(=O)[C@H](CC(=O)Nc2ccc(Cl)c(Cl)c2)SC1=Nc1ccccc1. The molecule has 0 spiro atoms. The van der Waals surface area contributed by atoms with Crippen LogP contribution < -0.4 is 5.32 Å². The van der Waals surface area contributed by atoms with E-state index in [1.54, 1.807) is 29.2 Å². The molecule has 2 amide bonds. The number of rotatable bonds is 6. The molecular formula is C20H17Cl2N3O2S. The average molecular weight is 434 g/mol. The summed E-state index contributed by atoms with van der Waals surface area (Å²) in [5, 5.41) is 3.50. The number of amidine groups is 1. The molecule has 2 aromatic rings. The maximum Gasteiger partial charge on any atom is 0.242 e. The third-order valence-electron chi connectivity index (χ3n) is 3.89. The quantitative estimate of drug-likeness (QED) is 0.641. The van der Waals surface area contributed by atoms with Crippen LogP contribution in [0, 0.1) is 0 Å². The Morgan fingerprint density at radius 3 is 2.64 bits per heavy atom. The fraction of sp³-hybridized carbons (Fsp3) is 0.150. The van der Waals surface area contributed by atoms with Crippen molar-refractivity contribution in [1.82, 2.24) is 4.90 Å². The smallest absolute Gasteiger partial charge is 0.242 e. The summed E-state index contributed by atoms with van der Waals surface area (Å²) in [5.41, 5.74) is 1.27. The van der Waals surface area contributed by atoms with Gasteiger partial charge in [-0.05, 0) is 30.3 Å². The molecule has 1 saturated heterocycles. The van der Waals surface area contributed by atoms with Gasteiger partial charge in [0.05, 0.1) is 15.7 Å². The number of para-hydroxylation sites is 1. The summed E-state index contributed by atoms with van der Waals surface area (Å²) < 4.78 is 0. The van der Waals surface area contributed by atoms with Crippen molar-refractivity contribution in [3.8, 4) is 0 Å². The van der Waals surface area contributed by atoms with Crippen LogP contribution in [0.1, 0.15) is 6.42 Å². The minimum atomic E-state index is -0.551. The lowest BCUT2D eigenvalue weighted by Crippen LogP contribution is -2.33. The van der Waals surface area contributed by atoms with Crippen molar-refractivity contribution in [2.24, 2.45) is 4.99 Å². The lowest BCUT2D eigenvalue weighted by atomic mass is 10.2. The number of anilines is 1. The van der Waals surface area contributed by atoms with Gasteiger partial charge in [-0.2, -0.15) is 0 Å². The largest absolute Gasteiger partial charge is 0.326 e. The molecule has 0 radical (unpaired) electrons. The second-order valence-electron chi connectivity index (χ2n) is 5.96. The standard InChI is InChI=1S/C20H17Cl2N3O2S/c1-2-10-25-19(27)17(28-20(25)24-13-6-4-3-5-7-13)12-18(26)23-14-8-9-15(21)16(22)11-14/h2-9,11,17H,1,10,12H2,(H,23,26)/t17-/m0/s1. The molecule has 144 valence electrons. The van der Waals surface area contributed by atoms with Gasteiger partial charge in [0, 0.05) is 18.7 Å². The van der Waals surface area contributed by atoms with E-state index in [0.29, 0.717) is 27.4 Å². The van der Waals surface area contributed by atoms with Gasteiger partial charge >= 0.3 is 0 Å². The Kier molecular flexibility index (Phi) is 6.78. The highest BCUT2D eigenvalue weighted by atomic mass is 35.5. The maximum atomic E-state index is 12.7. The molecule has 1 heterocycles. The van der Waals surface area contributed by atoms with E-state index >= 15 is 0 Å². The van der Waals surface area contributed by atoms with Crippen LogP contribution in [0.5, 0.6) is 0 Å².